The summed E-state index contributed by atoms with van der Waals surface area (Å²) in [6, 6.07) is 8.66. The molecule has 2 bridgehead atoms. The summed E-state index contributed by atoms with van der Waals surface area (Å²) in [5, 5.41) is 6.85. The van der Waals surface area contributed by atoms with Gasteiger partial charge in [-0.1, -0.05) is 12.1 Å². The normalized spacial score (nSPS) is 26.2. The second-order valence-corrected chi connectivity index (χ2v) is 6.42. The zero-order valence-corrected chi connectivity index (χ0v) is 14.8. The Balaban J connectivity index is 1.55. The Morgan fingerprint density at radius 2 is 2.08 bits per heavy atom. The quantitative estimate of drug-likeness (QED) is 0.595. The Morgan fingerprint density at radius 3 is 2.75 bits per heavy atom. The lowest BCUT2D eigenvalue weighted by Crippen LogP contribution is -2.63. The van der Waals surface area contributed by atoms with E-state index in [1.165, 1.54) is 32.7 Å². The van der Waals surface area contributed by atoms with Crippen LogP contribution in [-0.2, 0) is 6.54 Å². The van der Waals surface area contributed by atoms with Crippen molar-refractivity contribution in [1.82, 2.24) is 20.4 Å². The van der Waals surface area contributed by atoms with Crippen LogP contribution < -0.4 is 15.4 Å². The van der Waals surface area contributed by atoms with Gasteiger partial charge in [0.1, 0.15) is 5.75 Å². The Labute approximate surface area is 144 Å². The summed E-state index contributed by atoms with van der Waals surface area (Å²) in [5.41, 5.74) is 1.15. The number of aliphatic imine (C=N–C) groups is 1. The Kier molecular flexibility index (Phi) is 5.93. The van der Waals surface area contributed by atoms with Gasteiger partial charge in [0.15, 0.2) is 5.96 Å². The van der Waals surface area contributed by atoms with Crippen molar-refractivity contribution in [3.63, 3.8) is 0 Å². The van der Waals surface area contributed by atoms with Gasteiger partial charge in [0.25, 0.3) is 0 Å². The van der Waals surface area contributed by atoms with E-state index in [0.717, 1.165) is 30.4 Å². The summed E-state index contributed by atoms with van der Waals surface area (Å²) >= 11 is 0. The van der Waals surface area contributed by atoms with Gasteiger partial charge in [0.05, 0.1) is 13.7 Å². The third-order valence-electron chi connectivity index (χ3n) is 4.80. The Bertz CT molecular complexity index is 554. The summed E-state index contributed by atoms with van der Waals surface area (Å²) in [5.74, 6) is 1.76. The molecular formula is C18H29N5O. The largest absolute Gasteiger partial charge is 0.497 e. The predicted octanol–water partition coefficient (Wildman–Crippen LogP) is 0.750. The molecule has 6 heteroatoms. The highest BCUT2D eigenvalue weighted by molar-refractivity contribution is 5.79. The van der Waals surface area contributed by atoms with Crippen molar-refractivity contribution in [2.24, 2.45) is 4.99 Å². The highest BCUT2D eigenvalue weighted by Crippen LogP contribution is 2.15. The molecular weight excluding hydrogens is 302 g/mol. The van der Waals surface area contributed by atoms with E-state index < -0.39 is 0 Å². The first-order chi connectivity index (χ1) is 11.8. The van der Waals surface area contributed by atoms with Crippen molar-refractivity contribution < 1.29 is 4.74 Å². The Morgan fingerprint density at radius 1 is 1.25 bits per heavy atom. The molecule has 3 heterocycles. The van der Waals surface area contributed by atoms with Crippen LogP contribution in [0.4, 0.5) is 0 Å². The summed E-state index contributed by atoms with van der Waals surface area (Å²) in [6.45, 7) is 10.6. The molecule has 1 aromatic rings. The van der Waals surface area contributed by atoms with Gasteiger partial charge in [-0.15, -0.1) is 0 Å². The molecule has 0 amide bonds. The monoisotopic (exact) mass is 331 g/mol. The lowest BCUT2D eigenvalue weighted by Gasteiger charge is -2.47. The SMILES string of the molecule is CCNC(=NCc1cccc(OC)c1)NCC1CN2CCN1CC2. The number of guanidine groups is 1. The smallest absolute Gasteiger partial charge is 0.191 e. The van der Waals surface area contributed by atoms with Gasteiger partial charge in [0.2, 0.25) is 0 Å². The fraction of sp³-hybridized carbons (Fsp3) is 0.611. The molecule has 1 aromatic carbocycles. The third kappa shape index (κ3) is 4.39. The third-order valence-corrected chi connectivity index (χ3v) is 4.80. The molecule has 0 aliphatic carbocycles. The van der Waals surface area contributed by atoms with Crippen molar-refractivity contribution in [2.45, 2.75) is 19.5 Å². The molecule has 24 heavy (non-hydrogen) atoms. The fourth-order valence-electron chi connectivity index (χ4n) is 3.42. The summed E-state index contributed by atoms with van der Waals surface area (Å²) < 4.78 is 5.27. The first-order valence-corrected chi connectivity index (χ1v) is 8.90. The van der Waals surface area contributed by atoms with Crippen molar-refractivity contribution in [3.05, 3.63) is 29.8 Å². The molecule has 3 aliphatic heterocycles. The number of hydrogen-bond donors (Lipinski definition) is 2. The highest BCUT2D eigenvalue weighted by Gasteiger charge is 2.31. The molecule has 3 fully saturated rings. The van der Waals surface area contributed by atoms with Crippen LogP contribution in [0.2, 0.25) is 0 Å². The standard InChI is InChI=1S/C18H29N5O/c1-3-19-18(20-12-15-5-4-6-17(11-15)24-2)21-13-16-14-22-7-9-23(16)10-8-22/h4-6,11,16H,3,7-10,12-14H2,1-2H3,(H2,19,20,21). The van der Waals surface area contributed by atoms with Gasteiger partial charge in [0, 0.05) is 51.9 Å². The second-order valence-electron chi connectivity index (χ2n) is 6.42. The first kappa shape index (κ1) is 17.0. The van der Waals surface area contributed by atoms with Gasteiger partial charge >= 0.3 is 0 Å². The molecule has 3 aliphatic rings. The summed E-state index contributed by atoms with van der Waals surface area (Å²) in [7, 11) is 1.69. The second kappa shape index (κ2) is 8.35. The fourth-order valence-corrected chi connectivity index (χ4v) is 3.42. The molecule has 1 unspecified atom stereocenters. The van der Waals surface area contributed by atoms with Crippen LogP contribution in [0.1, 0.15) is 12.5 Å². The summed E-state index contributed by atoms with van der Waals surface area (Å²) in [4.78, 5) is 9.87. The number of rotatable bonds is 6. The van der Waals surface area contributed by atoms with Crippen molar-refractivity contribution in [2.75, 3.05) is 52.9 Å². The number of piperazine rings is 3. The van der Waals surface area contributed by atoms with Crippen LogP contribution in [0.15, 0.2) is 29.3 Å². The number of fused-ring (bicyclic) bond motifs is 3. The lowest BCUT2D eigenvalue weighted by molar-refractivity contribution is 0.0154. The molecule has 0 radical (unpaired) electrons. The molecule has 1 atom stereocenters. The average Bonchev–Trinajstić information content (AvgIpc) is 2.65. The molecule has 3 saturated heterocycles. The summed E-state index contributed by atoms with van der Waals surface area (Å²) in [6.07, 6.45) is 0. The predicted molar refractivity (Wildman–Crippen MR) is 97.6 cm³/mol. The van der Waals surface area contributed by atoms with Gasteiger partial charge in [-0.25, -0.2) is 4.99 Å². The van der Waals surface area contributed by atoms with Gasteiger partial charge in [-0.3, -0.25) is 9.80 Å². The van der Waals surface area contributed by atoms with E-state index in [4.69, 9.17) is 9.73 Å². The van der Waals surface area contributed by atoms with Crippen molar-refractivity contribution >= 4 is 5.96 Å². The number of methoxy groups -OCH3 is 1. The van der Waals surface area contributed by atoms with Crippen LogP contribution in [0.3, 0.4) is 0 Å². The van der Waals surface area contributed by atoms with Crippen LogP contribution in [0, 0.1) is 0 Å². The van der Waals surface area contributed by atoms with E-state index in [9.17, 15) is 0 Å². The van der Waals surface area contributed by atoms with Gasteiger partial charge < -0.3 is 15.4 Å². The number of nitrogens with one attached hydrogen (secondary N) is 2. The number of nitrogens with zero attached hydrogens (tertiary/aromatic N) is 3. The molecule has 0 aromatic heterocycles. The number of benzene rings is 1. The zero-order chi connectivity index (χ0) is 16.8. The molecule has 6 nitrogen and oxygen atoms in total. The number of ether oxygens (including phenoxy) is 1. The number of hydrogen-bond acceptors (Lipinski definition) is 4. The van der Waals surface area contributed by atoms with Crippen LogP contribution in [0.25, 0.3) is 0 Å². The van der Waals surface area contributed by atoms with Gasteiger partial charge in [-0.2, -0.15) is 0 Å². The maximum Gasteiger partial charge on any atom is 0.191 e. The van der Waals surface area contributed by atoms with E-state index >= 15 is 0 Å². The van der Waals surface area contributed by atoms with E-state index in [1.807, 2.05) is 18.2 Å². The van der Waals surface area contributed by atoms with E-state index in [0.29, 0.717) is 12.6 Å². The highest BCUT2D eigenvalue weighted by atomic mass is 16.5. The van der Waals surface area contributed by atoms with Crippen molar-refractivity contribution in [1.29, 1.82) is 0 Å². The minimum atomic E-state index is 0.591. The topological polar surface area (TPSA) is 52.1 Å². The van der Waals surface area contributed by atoms with Crippen LogP contribution >= 0.6 is 0 Å². The van der Waals surface area contributed by atoms with Gasteiger partial charge in [-0.05, 0) is 24.6 Å². The van der Waals surface area contributed by atoms with E-state index in [1.54, 1.807) is 7.11 Å². The lowest BCUT2D eigenvalue weighted by atomic mass is 10.1. The van der Waals surface area contributed by atoms with Crippen LogP contribution in [-0.4, -0.2) is 74.7 Å². The van der Waals surface area contributed by atoms with Crippen molar-refractivity contribution in [3.8, 4) is 5.75 Å². The van der Waals surface area contributed by atoms with E-state index in [2.05, 4.69) is 33.4 Å². The molecule has 2 N–H and O–H groups in total. The minimum Gasteiger partial charge on any atom is -0.497 e. The zero-order valence-electron chi connectivity index (χ0n) is 14.8. The Hall–Kier alpha value is -1.79. The maximum absolute atomic E-state index is 5.27. The van der Waals surface area contributed by atoms with Crippen LogP contribution in [0.5, 0.6) is 5.75 Å². The first-order valence-electron chi connectivity index (χ1n) is 8.90. The molecule has 4 rings (SSSR count). The maximum atomic E-state index is 5.27. The molecule has 0 saturated carbocycles. The molecule has 132 valence electrons. The minimum absolute atomic E-state index is 0.591. The molecule has 0 spiro atoms. The average molecular weight is 331 g/mol. The van der Waals surface area contributed by atoms with E-state index in [-0.39, 0.29) is 0 Å².